The minimum absolute atomic E-state index is 0.354. The Morgan fingerprint density at radius 2 is 1.83 bits per heavy atom. The lowest BCUT2D eigenvalue weighted by Crippen LogP contribution is -2.29. The predicted molar refractivity (Wildman–Crippen MR) is 95.9 cm³/mol. The Labute approximate surface area is 152 Å². The number of halogens is 2. The molecule has 0 spiro atoms. The smallest absolute Gasteiger partial charge is 0.315 e. The van der Waals surface area contributed by atoms with Gasteiger partial charge in [-0.3, -0.25) is 14.9 Å². The summed E-state index contributed by atoms with van der Waals surface area (Å²) in [4.78, 5) is 31.7. The summed E-state index contributed by atoms with van der Waals surface area (Å²) in [6.45, 7) is 1.73. The van der Waals surface area contributed by atoms with E-state index in [0.29, 0.717) is 20.9 Å². The molecule has 1 aliphatic heterocycles. The van der Waals surface area contributed by atoms with Crippen molar-refractivity contribution in [2.45, 2.75) is 13.0 Å². The molecule has 0 unspecified atom stereocenters. The highest BCUT2D eigenvalue weighted by Crippen LogP contribution is 2.27. The lowest BCUT2D eigenvalue weighted by atomic mass is 10.2. The maximum Gasteiger partial charge on any atom is 0.315 e. The molecule has 1 aromatic carbocycles. The molecular weight excluding hydrogens is 371 g/mol. The van der Waals surface area contributed by atoms with E-state index in [1.165, 1.54) is 29.5 Å². The van der Waals surface area contributed by atoms with Crippen molar-refractivity contribution in [2.24, 2.45) is 0 Å². The number of carbonyl (C=O) groups excluding carboxylic acids is 2. The van der Waals surface area contributed by atoms with Gasteiger partial charge in [0, 0.05) is 40.1 Å². The van der Waals surface area contributed by atoms with Crippen LogP contribution in [0.25, 0.3) is 0 Å². The van der Waals surface area contributed by atoms with Crippen LogP contribution in [0, 0.1) is 0 Å². The fourth-order valence-corrected chi connectivity index (χ4v) is 3.95. The molecule has 2 heterocycles. The second kappa shape index (κ2) is 7.06. The first-order valence-corrected chi connectivity index (χ1v) is 8.73. The zero-order valence-electron chi connectivity index (χ0n) is 12.7. The number of nitrogens with one attached hydrogen (secondary N) is 2. The highest BCUT2D eigenvalue weighted by molar-refractivity contribution is 7.16. The Kier molecular flexibility index (Phi) is 5.05. The van der Waals surface area contributed by atoms with Crippen LogP contribution in [0.4, 0.5) is 10.8 Å². The molecule has 0 saturated heterocycles. The maximum absolute atomic E-state index is 12.0. The van der Waals surface area contributed by atoms with Crippen molar-refractivity contribution in [2.75, 3.05) is 24.2 Å². The summed E-state index contributed by atoms with van der Waals surface area (Å²) in [5, 5.41) is 6.17. The maximum atomic E-state index is 12.0. The molecule has 0 atom stereocenters. The van der Waals surface area contributed by atoms with Crippen molar-refractivity contribution in [3.05, 3.63) is 38.8 Å². The standard InChI is InChI=1S/C15H14Cl2N4O2S/c1-21-3-2-11-12(7-21)24-15(19-11)20-14(23)13(22)18-10-5-8(16)4-9(17)6-10/h4-6H,2-3,7H2,1H3,(H,18,22)(H,19,20,23). The molecular formula is C15H14Cl2N4O2S. The van der Waals surface area contributed by atoms with Gasteiger partial charge in [0.2, 0.25) is 0 Å². The van der Waals surface area contributed by atoms with Crippen LogP contribution in [0.2, 0.25) is 10.0 Å². The summed E-state index contributed by atoms with van der Waals surface area (Å²) < 4.78 is 0. The third kappa shape index (κ3) is 4.05. The van der Waals surface area contributed by atoms with E-state index in [-0.39, 0.29) is 0 Å². The third-order valence-corrected chi connectivity index (χ3v) is 4.90. The number of benzene rings is 1. The average molecular weight is 385 g/mol. The van der Waals surface area contributed by atoms with E-state index >= 15 is 0 Å². The van der Waals surface area contributed by atoms with Gasteiger partial charge in [-0.15, -0.1) is 11.3 Å². The van der Waals surface area contributed by atoms with E-state index in [1.807, 2.05) is 7.05 Å². The Balaban J connectivity index is 1.65. The lowest BCUT2D eigenvalue weighted by molar-refractivity contribution is -0.132. The molecule has 1 aromatic heterocycles. The Morgan fingerprint density at radius 1 is 1.17 bits per heavy atom. The molecule has 2 amide bonds. The van der Waals surface area contributed by atoms with Gasteiger partial charge >= 0.3 is 11.8 Å². The molecule has 24 heavy (non-hydrogen) atoms. The molecule has 0 saturated carbocycles. The van der Waals surface area contributed by atoms with Crippen LogP contribution in [-0.2, 0) is 22.6 Å². The van der Waals surface area contributed by atoms with Crippen molar-refractivity contribution in [1.29, 1.82) is 0 Å². The van der Waals surface area contributed by atoms with Gasteiger partial charge in [-0.2, -0.15) is 0 Å². The molecule has 0 aliphatic carbocycles. The largest absolute Gasteiger partial charge is 0.318 e. The van der Waals surface area contributed by atoms with Gasteiger partial charge in [-0.1, -0.05) is 23.2 Å². The predicted octanol–water partition coefficient (Wildman–Crippen LogP) is 3.02. The lowest BCUT2D eigenvalue weighted by Gasteiger charge is -2.20. The first-order chi connectivity index (χ1) is 11.4. The molecule has 126 valence electrons. The molecule has 2 aromatic rings. The van der Waals surface area contributed by atoms with Crippen LogP contribution in [0.5, 0.6) is 0 Å². The van der Waals surface area contributed by atoms with Crippen LogP contribution >= 0.6 is 34.5 Å². The van der Waals surface area contributed by atoms with E-state index in [0.717, 1.165) is 30.1 Å². The quantitative estimate of drug-likeness (QED) is 0.780. The van der Waals surface area contributed by atoms with E-state index in [1.54, 1.807) is 0 Å². The molecule has 0 bridgehead atoms. The van der Waals surface area contributed by atoms with Gasteiger partial charge in [0.25, 0.3) is 0 Å². The summed E-state index contributed by atoms with van der Waals surface area (Å²) in [6, 6.07) is 4.56. The molecule has 1 aliphatic rings. The highest BCUT2D eigenvalue weighted by Gasteiger charge is 2.21. The number of aromatic nitrogens is 1. The molecule has 2 N–H and O–H groups in total. The summed E-state index contributed by atoms with van der Waals surface area (Å²) in [5.74, 6) is -1.59. The molecule has 0 radical (unpaired) electrons. The Morgan fingerprint density at radius 3 is 2.54 bits per heavy atom. The summed E-state index contributed by atoms with van der Waals surface area (Å²) in [5.41, 5.74) is 1.34. The third-order valence-electron chi connectivity index (χ3n) is 3.47. The first-order valence-electron chi connectivity index (χ1n) is 7.16. The highest BCUT2D eigenvalue weighted by atomic mass is 35.5. The number of amides is 2. The van der Waals surface area contributed by atoms with Crippen molar-refractivity contribution in [1.82, 2.24) is 9.88 Å². The molecule has 0 fully saturated rings. The van der Waals surface area contributed by atoms with Gasteiger partial charge in [0.05, 0.1) is 5.69 Å². The van der Waals surface area contributed by atoms with Crippen LogP contribution in [-0.4, -0.2) is 35.3 Å². The van der Waals surface area contributed by atoms with Gasteiger partial charge in [-0.05, 0) is 25.2 Å². The fraction of sp³-hybridized carbons (Fsp3) is 0.267. The van der Waals surface area contributed by atoms with Crippen LogP contribution in [0.15, 0.2) is 18.2 Å². The fourth-order valence-electron chi connectivity index (χ4n) is 2.34. The summed E-state index contributed by atoms with van der Waals surface area (Å²) in [7, 11) is 2.03. The number of fused-ring (bicyclic) bond motifs is 1. The Bertz CT molecular complexity index is 789. The number of likely N-dealkylation sites (N-methyl/N-ethyl adjacent to an activating group) is 1. The minimum atomic E-state index is -0.807. The number of hydrogen-bond acceptors (Lipinski definition) is 5. The van der Waals surface area contributed by atoms with E-state index < -0.39 is 11.8 Å². The van der Waals surface area contributed by atoms with E-state index in [9.17, 15) is 9.59 Å². The first kappa shape index (κ1) is 17.2. The molecule has 6 nitrogen and oxygen atoms in total. The van der Waals surface area contributed by atoms with Gasteiger partial charge in [0.15, 0.2) is 5.13 Å². The van der Waals surface area contributed by atoms with Gasteiger partial charge in [-0.25, -0.2) is 4.98 Å². The second-order valence-corrected chi connectivity index (χ2v) is 7.40. The SMILES string of the molecule is CN1CCc2nc(NC(=O)C(=O)Nc3cc(Cl)cc(Cl)c3)sc2C1. The van der Waals surface area contributed by atoms with Crippen molar-refractivity contribution >= 4 is 57.2 Å². The van der Waals surface area contributed by atoms with Crippen molar-refractivity contribution in [3.63, 3.8) is 0 Å². The number of hydrogen-bond donors (Lipinski definition) is 2. The van der Waals surface area contributed by atoms with Crippen LogP contribution < -0.4 is 10.6 Å². The van der Waals surface area contributed by atoms with Gasteiger partial charge < -0.3 is 10.2 Å². The number of carbonyl (C=O) groups is 2. The summed E-state index contributed by atoms with van der Waals surface area (Å²) in [6.07, 6.45) is 0.839. The van der Waals surface area contributed by atoms with Crippen molar-refractivity contribution < 1.29 is 9.59 Å². The summed E-state index contributed by atoms with van der Waals surface area (Å²) >= 11 is 13.1. The minimum Gasteiger partial charge on any atom is -0.318 e. The zero-order chi connectivity index (χ0) is 17.3. The number of nitrogens with zero attached hydrogens (tertiary/aromatic N) is 2. The van der Waals surface area contributed by atoms with E-state index in [4.69, 9.17) is 23.2 Å². The monoisotopic (exact) mass is 384 g/mol. The number of thiazole rings is 1. The number of rotatable bonds is 2. The van der Waals surface area contributed by atoms with Crippen LogP contribution in [0.3, 0.4) is 0 Å². The average Bonchev–Trinajstić information content (AvgIpc) is 2.87. The molecule has 3 rings (SSSR count). The normalized spacial score (nSPS) is 14.1. The Hall–Kier alpha value is -1.67. The van der Waals surface area contributed by atoms with Crippen LogP contribution in [0.1, 0.15) is 10.6 Å². The van der Waals surface area contributed by atoms with Gasteiger partial charge in [0.1, 0.15) is 0 Å². The topological polar surface area (TPSA) is 74.3 Å². The second-order valence-electron chi connectivity index (χ2n) is 5.44. The van der Waals surface area contributed by atoms with E-state index in [2.05, 4.69) is 20.5 Å². The molecule has 9 heteroatoms. The number of anilines is 2. The zero-order valence-corrected chi connectivity index (χ0v) is 15.1. The van der Waals surface area contributed by atoms with Crippen molar-refractivity contribution in [3.8, 4) is 0 Å².